The molecular formula is C13H15NO5S. The molecule has 0 spiro atoms. The molecule has 0 amide bonds. The Morgan fingerprint density at radius 2 is 2.00 bits per heavy atom. The maximum absolute atomic E-state index is 12.1. The number of carboxylic acids is 1. The summed E-state index contributed by atoms with van der Waals surface area (Å²) in [4.78, 5) is 13.2. The fourth-order valence-corrected chi connectivity index (χ4v) is 4.94. The first kappa shape index (κ1) is 13.5. The van der Waals surface area contributed by atoms with Gasteiger partial charge in [0, 0.05) is 13.0 Å². The summed E-state index contributed by atoms with van der Waals surface area (Å²) in [7, 11) is -3.38. The lowest BCUT2D eigenvalue weighted by atomic mass is 10.1. The third-order valence-corrected chi connectivity index (χ3v) is 5.79. The molecule has 108 valence electrons. The highest BCUT2D eigenvalue weighted by Crippen LogP contribution is 2.40. The van der Waals surface area contributed by atoms with Crippen molar-refractivity contribution in [2.24, 2.45) is 0 Å². The molecule has 0 bridgehead atoms. The number of aliphatic carboxylic acids is 1. The summed E-state index contributed by atoms with van der Waals surface area (Å²) in [6.07, 6.45) is -0.597. The molecule has 2 N–H and O–H groups in total. The highest BCUT2D eigenvalue weighted by Gasteiger charge is 2.46. The predicted molar refractivity (Wildman–Crippen MR) is 70.0 cm³/mol. The quantitative estimate of drug-likeness (QED) is 0.800. The third-order valence-electron chi connectivity index (χ3n) is 3.99. The molecule has 3 rings (SSSR count). The highest BCUT2D eigenvalue weighted by atomic mass is 32.2. The van der Waals surface area contributed by atoms with Crippen LogP contribution >= 0.6 is 0 Å². The van der Waals surface area contributed by atoms with Crippen LogP contribution in [-0.2, 0) is 14.6 Å². The predicted octanol–water partition coefficient (Wildman–Crippen LogP) is 0.0348. The van der Waals surface area contributed by atoms with Gasteiger partial charge in [0.15, 0.2) is 9.84 Å². The van der Waals surface area contributed by atoms with Crippen LogP contribution in [0.2, 0.25) is 0 Å². The van der Waals surface area contributed by atoms with Gasteiger partial charge in [-0.05, 0) is 11.6 Å². The standard InChI is InChI=1S/C13H15NO5S/c15-8-5-10(13(16)17)14(6-8)11-7-20(18,19)12-4-2-1-3-9(11)12/h1-4,8,10-11,15H,5-7H2,(H,16,17). The van der Waals surface area contributed by atoms with Gasteiger partial charge >= 0.3 is 5.97 Å². The molecule has 7 heteroatoms. The van der Waals surface area contributed by atoms with Gasteiger partial charge in [0.1, 0.15) is 6.04 Å². The second kappa shape index (κ2) is 4.54. The fraction of sp³-hybridized carbons (Fsp3) is 0.462. The zero-order valence-electron chi connectivity index (χ0n) is 10.6. The minimum absolute atomic E-state index is 0.122. The van der Waals surface area contributed by atoms with E-state index in [0.717, 1.165) is 0 Å². The third kappa shape index (κ3) is 2.02. The first-order chi connectivity index (χ1) is 9.40. The van der Waals surface area contributed by atoms with Gasteiger partial charge in [-0.15, -0.1) is 0 Å². The Hall–Kier alpha value is -1.44. The average Bonchev–Trinajstić information content (AvgIpc) is 2.89. The molecule has 6 nitrogen and oxygen atoms in total. The van der Waals surface area contributed by atoms with E-state index in [1.54, 1.807) is 29.2 Å². The Labute approximate surface area is 116 Å². The summed E-state index contributed by atoms with van der Waals surface area (Å²) in [5.74, 6) is -1.15. The molecule has 1 saturated heterocycles. The van der Waals surface area contributed by atoms with E-state index in [4.69, 9.17) is 0 Å². The van der Waals surface area contributed by atoms with Crippen LogP contribution in [0.1, 0.15) is 18.0 Å². The summed E-state index contributed by atoms with van der Waals surface area (Å²) < 4.78 is 24.3. The Kier molecular flexibility index (Phi) is 3.07. The van der Waals surface area contributed by atoms with Crippen molar-refractivity contribution in [2.75, 3.05) is 12.3 Å². The van der Waals surface area contributed by atoms with Crippen molar-refractivity contribution in [3.63, 3.8) is 0 Å². The monoisotopic (exact) mass is 297 g/mol. The summed E-state index contributed by atoms with van der Waals surface area (Å²) in [5.41, 5.74) is 0.632. The molecule has 0 saturated carbocycles. The first-order valence-electron chi connectivity index (χ1n) is 6.38. The number of sulfone groups is 1. The largest absolute Gasteiger partial charge is 0.480 e. The van der Waals surface area contributed by atoms with E-state index in [-0.39, 0.29) is 23.6 Å². The van der Waals surface area contributed by atoms with Crippen molar-refractivity contribution in [2.45, 2.75) is 29.5 Å². The molecule has 0 aliphatic carbocycles. The second-order valence-corrected chi connectivity index (χ2v) is 7.28. The van der Waals surface area contributed by atoms with Gasteiger partial charge in [-0.1, -0.05) is 18.2 Å². The molecule has 1 fully saturated rings. The molecule has 0 radical (unpaired) electrons. The number of nitrogens with zero attached hydrogens (tertiary/aromatic N) is 1. The topological polar surface area (TPSA) is 94.9 Å². The SMILES string of the molecule is O=C(O)C1CC(O)CN1C1CS(=O)(=O)c2ccccc21. The number of β-amino-alcohol motifs (C(OH)–C–C–N with tert-alkyl or cyclic N) is 1. The van der Waals surface area contributed by atoms with E-state index in [0.29, 0.717) is 5.56 Å². The maximum atomic E-state index is 12.1. The minimum Gasteiger partial charge on any atom is -0.480 e. The van der Waals surface area contributed by atoms with Gasteiger partial charge in [0.25, 0.3) is 0 Å². The zero-order chi connectivity index (χ0) is 14.5. The highest BCUT2D eigenvalue weighted by molar-refractivity contribution is 7.91. The van der Waals surface area contributed by atoms with E-state index in [1.165, 1.54) is 0 Å². The Bertz CT molecular complexity index is 656. The number of carbonyl (C=O) groups is 1. The molecule has 2 aliphatic heterocycles. The summed E-state index contributed by atoms with van der Waals surface area (Å²) in [5, 5.41) is 18.9. The van der Waals surface area contributed by atoms with Crippen molar-refractivity contribution >= 4 is 15.8 Å². The van der Waals surface area contributed by atoms with Crippen molar-refractivity contribution in [1.29, 1.82) is 0 Å². The van der Waals surface area contributed by atoms with E-state index < -0.39 is 34.0 Å². The molecule has 20 heavy (non-hydrogen) atoms. The molecule has 2 aliphatic rings. The first-order valence-corrected chi connectivity index (χ1v) is 8.03. The number of rotatable bonds is 2. The van der Waals surface area contributed by atoms with Gasteiger partial charge in [0.2, 0.25) is 0 Å². The van der Waals surface area contributed by atoms with Gasteiger partial charge in [0.05, 0.1) is 22.8 Å². The van der Waals surface area contributed by atoms with E-state index in [2.05, 4.69) is 0 Å². The molecular weight excluding hydrogens is 282 g/mol. The zero-order valence-corrected chi connectivity index (χ0v) is 11.5. The number of carboxylic acid groups (broad SMARTS) is 1. The van der Waals surface area contributed by atoms with Gasteiger partial charge in [-0.25, -0.2) is 8.42 Å². The Morgan fingerprint density at radius 1 is 1.30 bits per heavy atom. The minimum atomic E-state index is -3.38. The van der Waals surface area contributed by atoms with E-state index in [1.807, 2.05) is 0 Å². The van der Waals surface area contributed by atoms with Crippen LogP contribution in [0.5, 0.6) is 0 Å². The Morgan fingerprint density at radius 3 is 2.70 bits per heavy atom. The molecule has 1 aromatic carbocycles. The lowest BCUT2D eigenvalue weighted by Gasteiger charge is -2.27. The van der Waals surface area contributed by atoms with E-state index >= 15 is 0 Å². The van der Waals surface area contributed by atoms with Crippen LogP contribution in [0.25, 0.3) is 0 Å². The summed E-state index contributed by atoms with van der Waals surface area (Å²) in [6, 6.07) is 5.34. The van der Waals surface area contributed by atoms with Crippen LogP contribution in [0, 0.1) is 0 Å². The van der Waals surface area contributed by atoms with Crippen molar-refractivity contribution in [1.82, 2.24) is 4.90 Å². The number of hydrogen-bond donors (Lipinski definition) is 2. The molecule has 1 aromatic rings. The van der Waals surface area contributed by atoms with Crippen molar-refractivity contribution in [3.8, 4) is 0 Å². The number of benzene rings is 1. The smallest absolute Gasteiger partial charge is 0.321 e. The number of hydrogen-bond acceptors (Lipinski definition) is 5. The maximum Gasteiger partial charge on any atom is 0.321 e. The lowest BCUT2D eigenvalue weighted by Crippen LogP contribution is -2.39. The Balaban J connectivity index is 2.02. The van der Waals surface area contributed by atoms with Crippen LogP contribution in [0.15, 0.2) is 29.2 Å². The number of likely N-dealkylation sites (tertiary alicyclic amines) is 1. The number of fused-ring (bicyclic) bond motifs is 1. The van der Waals surface area contributed by atoms with Crippen LogP contribution in [-0.4, -0.2) is 53.9 Å². The second-order valence-electron chi connectivity index (χ2n) is 5.28. The molecule has 3 atom stereocenters. The van der Waals surface area contributed by atoms with Crippen LogP contribution in [0.4, 0.5) is 0 Å². The average molecular weight is 297 g/mol. The van der Waals surface area contributed by atoms with Crippen LogP contribution < -0.4 is 0 Å². The van der Waals surface area contributed by atoms with Gasteiger partial charge in [-0.3, -0.25) is 9.69 Å². The summed E-state index contributed by atoms with van der Waals surface area (Å²) in [6.45, 7) is 0.186. The van der Waals surface area contributed by atoms with Crippen LogP contribution in [0.3, 0.4) is 0 Å². The van der Waals surface area contributed by atoms with Crippen molar-refractivity contribution < 1.29 is 23.4 Å². The van der Waals surface area contributed by atoms with E-state index in [9.17, 15) is 23.4 Å². The number of aliphatic hydroxyl groups excluding tert-OH is 1. The normalized spacial score (nSPS) is 32.1. The van der Waals surface area contributed by atoms with Gasteiger partial charge < -0.3 is 10.2 Å². The lowest BCUT2D eigenvalue weighted by molar-refractivity contribution is -0.142. The number of aliphatic hydroxyl groups is 1. The van der Waals surface area contributed by atoms with Gasteiger partial charge in [-0.2, -0.15) is 0 Å². The summed E-state index contributed by atoms with van der Waals surface area (Å²) >= 11 is 0. The molecule has 0 aromatic heterocycles. The molecule has 3 unspecified atom stereocenters. The molecule has 2 heterocycles. The van der Waals surface area contributed by atoms with Crippen molar-refractivity contribution in [3.05, 3.63) is 29.8 Å². The fourth-order valence-electron chi connectivity index (χ4n) is 3.13.